The number of aliphatic imine (C=N–C) groups is 2. The summed E-state index contributed by atoms with van der Waals surface area (Å²) in [5, 5.41) is 93.8. The number of hydrogen-bond acceptors (Lipinski definition) is 12. The maximum atomic E-state index is 12.2. The summed E-state index contributed by atoms with van der Waals surface area (Å²) < 4.78 is 0. The molecule has 0 aliphatic rings. The van der Waals surface area contributed by atoms with Gasteiger partial charge in [-0.05, 0) is 59.4 Å². The molecule has 6 N–H and O–H groups in total. The molecule has 0 unspecified atom stereocenters. The molecular formula is C40H46N2Na2O10. The van der Waals surface area contributed by atoms with Crippen LogP contribution in [-0.2, 0) is 9.59 Å². The van der Waals surface area contributed by atoms with Gasteiger partial charge < -0.3 is 50.4 Å². The molecule has 4 aromatic carbocycles. The van der Waals surface area contributed by atoms with Crippen LogP contribution < -0.4 is 69.3 Å². The monoisotopic (exact) mass is 760 g/mol. The number of hydrogen-bond donors (Lipinski definition) is 6. The van der Waals surface area contributed by atoms with Gasteiger partial charge in [0, 0.05) is 56.6 Å². The van der Waals surface area contributed by atoms with Crippen molar-refractivity contribution in [2.24, 2.45) is 21.8 Å². The molecule has 14 heteroatoms. The molecule has 0 radical (unpaired) electrons. The zero-order valence-electron chi connectivity index (χ0n) is 33.0. The molecular weight excluding hydrogens is 714 g/mol. The van der Waals surface area contributed by atoms with Gasteiger partial charge in [0.15, 0.2) is 23.0 Å². The number of aromatic hydroxyl groups is 6. The molecule has 54 heavy (non-hydrogen) atoms. The van der Waals surface area contributed by atoms with Gasteiger partial charge in [-0.15, -0.1) is 0 Å². The number of phenols is 6. The van der Waals surface area contributed by atoms with Crippen molar-refractivity contribution in [3.63, 3.8) is 0 Å². The van der Waals surface area contributed by atoms with Crippen molar-refractivity contribution in [1.29, 1.82) is 0 Å². The number of aliphatic carboxylic acids is 2. The molecule has 0 saturated carbocycles. The molecule has 4 rings (SSSR count). The minimum atomic E-state index is -1.45. The summed E-state index contributed by atoms with van der Waals surface area (Å²) in [6.07, 6.45) is 2.14. The van der Waals surface area contributed by atoms with E-state index in [0.717, 1.165) is 12.4 Å². The number of aryl methyl sites for hydroxylation is 2. The van der Waals surface area contributed by atoms with Crippen LogP contribution in [0, 0.1) is 25.7 Å². The number of carbonyl (C=O) groups is 2. The van der Waals surface area contributed by atoms with Gasteiger partial charge in [0.2, 0.25) is 0 Å². The van der Waals surface area contributed by atoms with E-state index in [4.69, 9.17) is 0 Å². The molecule has 0 aliphatic heterocycles. The second kappa shape index (κ2) is 18.0. The Morgan fingerprint density at radius 2 is 0.852 bits per heavy atom. The Bertz CT molecular complexity index is 2020. The zero-order chi connectivity index (χ0) is 39.3. The van der Waals surface area contributed by atoms with E-state index in [-0.39, 0.29) is 104 Å². The number of nitrogens with zero attached hydrogens (tertiary/aromatic N) is 2. The number of carboxylic acids is 2. The Kier molecular flexibility index (Phi) is 15.5. The normalized spacial score (nSPS) is 13.1. The van der Waals surface area contributed by atoms with Gasteiger partial charge in [-0.25, -0.2) is 0 Å². The molecule has 0 aromatic heterocycles. The molecule has 2 atom stereocenters. The van der Waals surface area contributed by atoms with Gasteiger partial charge in [0.1, 0.15) is 11.5 Å². The Hall–Kier alpha value is -3.52. The fourth-order valence-corrected chi connectivity index (χ4v) is 6.94. The minimum absolute atomic E-state index is 0. The summed E-state index contributed by atoms with van der Waals surface area (Å²) in [6, 6.07) is 0.709. The van der Waals surface area contributed by atoms with E-state index in [2.05, 4.69) is 9.98 Å². The molecule has 0 saturated heterocycles. The average Bonchev–Trinajstić information content (AvgIpc) is 3.01. The third kappa shape index (κ3) is 8.34. The summed E-state index contributed by atoms with van der Waals surface area (Å²) in [6.45, 7) is 17.0. The van der Waals surface area contributed by atoms with Crippen molar-refractivity contribution >= 4 is 45.9 Å². The van der Waals surface area contributed by atoms with Gasteiger partial charge in [0.25, 0.3) is 0 Å². The summed E-state index contributed by atoms with van der Waals surface area (Å²) >= 11 is 0. The van der Waals surface area contributed by atoms with Gasteiger partial charge in [0.05, 0.1) is 24.0 Å². The topological polar surface area (TPSA) is 226 Å². The molecule has 0 fully saturated rings. The zero-order valence-corrected chi connectivity index (χ0v) is 37.0. The Labute approximate surface area is 358 Å². The number of carboxylic acid groups (broad SMARTS) is 2. The van der Waals surface area contributed by atoms with Crippen molar-refractivity contribution < 1.29 is 110 Å². The Balaban J connectivity index is 0.00000504. The third-order valence-electron chi connectivity index (χ3n) is 9.46. The number of carbonyl (C=O) groups excluding carboxylic acids is 2. The second-order valence-electron chi connectivity index (χ2n) is 14.6. The fraction of sp³-hybridized carbons (Fsp3) is 0.400. The SMILES string of the molecule is Cc1cc2c(C(C)C)c(O)c(O)c(C=N[C@H](C(=O)[O-])C(C)C)c2c(O)c1-c1c(C)cc2c(C(C)C)c(O)c(O)c(C=N[C@H](C(=O)[O-])C(C)C)c2c1O.[Na+].[Na+]. The third-order valence-corrected chi connectivity index (χ3v) is 9.46. The predicted octanol–water partition coefficient (Wildman–Crippen LogP) is -0.848. The fourth-order valence-electron chi connectivity index (χ4n) is 6.94. The Morgan fingerprint density at radius 3 is 1.09 bits per heavy atom. The molecule has 0 amide bonds. The minimum Gasteiger partial charge on any atom is -0.548 e. The average molecular weight is 761 g/mol. The molecule has 0 aliphatic carbocycles. The van der Waals surface area contributed by atoms with Gasteiger partial charge >= 0.3 is 59.1 Å². The van der Waals surface area contributed by atoms with Crippen LogP contribution in [0.4, 0.5) is 0 Å². The van der Waals surface area contributed by atoms with Crippen LogP contribution in [0.2, 0.25) is 0 Å². The first-order valence-corrected chi connectivity index (χ1v) is 17.1. The maximum Gasteiger partial charge on any atom is 1.00 e. The van der Waals surface area contributed by atoms with Crippen molar-refractivity contribution in [1.82, 2.24) is 0 Å². The van der Waals surface area contributed by atoms with Crippen LogP contribution in [-0.4, -0.2) is 67.1 Å². The predicted molar refractivity (Wildman–Crippen MR) is 197 cm³/mol. The van der Waals surface area contributed by atoms with Crippen molar-refractivity contribution in [3.05, 3.63) is 45.5 Å². The van der Waals surface area contributed by atoms with Crippen LogP contribution in [0.25, 0.3) is 32.7 Å². The largest absolute Gasteiger partial charge is 1.00 e. The van der Waals surface area contributed by atoms with E-state index in [9.17, 15) is 50.4 Å². The van der Waals surface area contributed by atoms with Crippen LogP contribution in [0.15, 0.2) is 22.1 Å². The quantitative estimate of drug-likeness (QED) is 0.0631. The van der Waals surface area contributed by atoms with E-state index in [1.54, 1.807) is 81.4 Å². The van der Waals surface area contributed by atoms with E-state index < -0.39 is 70.4 Å². The molecule has 4 aromatic rings. The standard InChI is InChI=1S/C40H48N2O10.2Na/c1-15(2)25-21-11-19(9)27(35(45)29(21)23(33(43)37(25)47)13-41-31(17(5)6)39(49)50)28-20(10)12-22-26(16(3)4)38(48)34(44)24(30(22)36(28)46)14-42-32(18(7)8)40(51)52;;/h11-18,31-32,43-48H,1-10H3,(H,49,50)(H,51,52);;/q;2*+1/p-2/t31-,32-;;/m0../s1. The van der Waals surface area contributed by atoms with Gasteiger partial charge in [-0.2, -0.15) is 0 Å². The maximum absolute atomic E-state index is 12.2. The van der Waals surface area contributed by atoms with Crippen LogP contribution in [0.5, 0.6) is 34.5 Å². The smallest absolute Gasteiger partial charge is 0.548 e. The summed E-state index contributed by atoms with van der Waals surface area (Å²) in [4.78, 5) is 32.0. The van der Waals surface area contributed by atoms with Crippen molar-refractivity contribution in [2.75, 3.05) is 0 Å². The number of fused-ring (bicyclic) bond motifs is 2. The number of rotatable bonds is 11. The molecule has 0 spiro atoms. The first kappa shape index (κ1) is 46.6. The summed E-state index contributed by atoms with van der Waals surface area (Å²) in [7, 11) is 0. The van der Waals surface area contributed by atoms with Crippen LogP contribution in [0.1, 0.15) is 101 Å². The van der Waals surface area contributed by atoms with Gasteiger partial charge in [-0.1, -0.05) is 67.5 Å². The molecule has 278 valence electrons. The molecule has 0 bridgehead atoms. The van der Waals surface area contributed by atoms with Gasteiger partial charge in [-0.3, -0.25) is 9.98 Å². The van der Waals surface area contributed by atoms with E-state index in [1.165, 1.54) is 0 Å². The Morgan fingerprint density at radius 1 is 0.556 bits per heavy atom. The molecule has 12 nitrogen and oxygen atoms in total. The van der Waals surface area contributed by atoms with Crippen molar-refractivity contribution in [3.8, 4) is 45.6 Å². The van der Waals surface area contributed by atoms with E-state index >= 15 is 0 Å². The second-order valence-corrected chi connectivity index (χ2v) is 14.6. The first-order chi connectivity index (χ1) is 24.1. The first-order valence-electron chi connectivity index (χ1n) is 17.1. The van der Waals surface area contributed by atoms with E-state index in [1.807, 2.05) is 0 Å². The van der Waals surface area contributed by atoms with Crippen LogP contribution in [0.3, 0.4) is 0 Å². The van der Waals surface area contributed by atoms with E-state index in [0.29, 0.717) is 33.0 Å². The molecule has 0 heterocycles. The van der Waals surface area contributed by atoms with Crippen molar-refractivity contribution in [2.45, 2.75) is 93.2 Å². The van der Waals surface area contributed by atoms with Crippen LogP contribution >= 0.6 is 0 Å². The number of benzene rings is 4. The summed E-state index contributed by atoms with van der Waals surface area (Å²) in [5.41, 5.74) is 1.37. The number of phenolic OH excluding ortho intramolecular Hbond substituents is 6. The summed E-state index contributed by atoms with van der Waals surface area (Å²) in [5.74, 6) is -7.67.